The van der Waals surface area contributed by atoms with Crippen molar-refractivity contribution in [2.75, 3.05) is 5.32 Å². The van der Waals surface area contributed by atoms with Crippen LogP contribution in [-0.4, -0.2) is 0 Å². The molecule has 0 saturated heterocycles. The molecule has 2 aromatic carbocycles. The van der Waals surface area contributed by atoms with E-state index in [-0.39, 0.29) is 11.9 Å². The van der Waals surface area contributed by atoms with Crippen LogP contribution in [0.15, 0.2) is 46.9 Å². The molecule has 1 N–H and O–H groups in total. The minimum Gasteiger partial charge on any atom is -0.459 e. The highest BCUT2D eigenvalue weighted by Gasteiger charge is 2.16. The molecular formula is C18H18FNO. The maximum absolute atomic E-state index is 13.6. The van der Waals surface area contributed by atoms with Crippen LogP contribution in [0, 0.1) is 19.7 Å². The highest BCUT2D eigenvalue weighted by Crippen LogP contribution is 2.31. The Labute approximate surface area is 123 Å². The van der Waals surface area contributed by atoms with Crippen LogP contribution in [0.2, 0.25) is 0 Å². The first-order valence-electron chi connectivity index (χ1n) is 7.07. The molecule has 3 rings (SSSR count). The second-order valence-electron chi connectivity index (χ2n) is 5.42. The van der Waals surface area contributed by atoms with Crippen LogP contribution in [-0.2, 0) is 0 Å². The molecule has 0 aliphatic heterocycles. The van der Waals surface area contributed by atoms with E-state index in [1.807, 2.05) is 31.2 Å². The summed E-state index contributed by atoms with van der Waals surface area (Å²) in [5.41, 5.74) is 3.41. The van der Waals surface area contributed by atoms with Gasteiger partial charge in [-0.1, -0.05) is 24.3 Å². The van der Waals surface area contributed by atoms with E-state index in [0.29, 0.717) is 5.56 Å². The number of rotatable bonds is 3. The number of benzene rings is 2. The minimum absolute atomic E-state index is 0.0282. The molecule has 1 unspecified atom stereocenters. The number of anilines is 1. The Bertz CT molecular complexity index is 791. The van der Waals surface area contributed by atoms with Crippen LogP contribution in [0.25, 0.3) is 11.0 Å². The molecule has 21 heavy (non-hydrogen) atoms. The van der Waals surface area contributed by atoms with E-state index < -0.39 is 0 Å². The predicted octanol–water partition coefficient (Wildman–Crippen LogP) is 5.36. The van der Waals surface area contributed by atoms with E-state index in [0.717, 1.165) is 28.0 Å². The maximum atomic E-state index is 13.6. The molecule has 0 amide bonds. The second-order valence-corrected chi connectivity index (χ2v) is 5.42. The number of para-hydroxylation sites is 1. The highest BCUT2D eigenvalue weighted by atomic mass is 19.1. The molecule has 1 atom stereocenters. The summed E-state index contributed by atoms with van der Waals surface area (Å²) in [5, 5.41) is 4.42. The first-order chi connectivity index (χ1) is 10.1. The molecular weight excluding hydrogens is 265 g/mol. The zero-order chi connectivity index (χ0) is 15.0. The molecule has 1 aromatic heterocycles. The molecule has 0 aliphatic rings. The summed E-state index contributed by atoms with van der Waals surface area (Å²) in [6.07, 6.45) is 0. The Morgan fingerprint density at radius 2 is 1.86 bits per heavy atom. The third-order valence-electron chi connectivity index (χ3n) is 3.83. The van der Waals surface area contributed by atoms with Crippen molar-refractivity contribution in [3.05, 3.63) is 65.2 Å². The summed E-state index contributed by atoms with van der Waals surface area (Å²) in [5.74, 6) is 0.686. The lowest BCUT2D eigenvalue weighted by Gasteiger charge is -2.14. The van der Waals surface area contributed by atoms with Gasteiger partial charge >= 0.3 is 0 Å². The zero-order valence-electron chi connectivity index (χ0n) is 12.4. The first-order valence-corrected chi connectivity index (χ1v) is 7.07. The van der Waals surface area contributed by atoms with Gasteiger partial charge in [0.1, 0.15) is 17.2 Å². The van der Waals surface area contributed by atoms with E-state index in [4.69, 9.17) is 4.42 Å². The molecule has 0 spiro atoms. The fourth-order valence-electron chi connectivity index (χ4n) is 2.60. The molecule has 0 fully saturated rings. The Morgan fingerprint density at radius 1 is 1.10 bits per heavy atom. The first kappa shape index (κ1) is 13.7. The number of furan rings is 1. The van der Waals surface area contributed by atoms with Gasteiger partial charge in [0.15, 0.2) is 0 Å². The second kappa shape index (κ2) is 5.24. The van der Waals surface area contributed by atoms with Crippen molar-refractivity contribution in [2.45, 2.75) is 26.8 Å². The van der Waals surface area contributed by atoms with Crippen LogP contribution in [0.1, 0.15) is 29.9 Å². The fraction of sp³-hybridized carbons (Fsp3) is 0.222. The Morgan fingerprint density at radius 3 is 2.57 bits per heavy atom. The monoisotopic (exact) mass is 283 g/mol. The minimum atomic E-state index is -0.200. The number of hydrogen-bond acceptors (Lipinski definition) is 2. The van der Waals surface area contributed by atoms with Gasteiger partial charge in [0.25, 0.3) is 0 Å². The summed E-state index contributed by atoms with van der Waals surface area (Å²) >= 11 is 0. The van der Waals surface area contributed by atoms with Crippen LogP contribution in [0.5, 0.6) is 0 Å². The number of halogens is 1. The Balaban J connectivity index is 1.91. The van der Waals surface area contributed by atoms with E-state index in [9.17, 15) is 4.39 Å². The summed E-state index contributed by atoms with van der Waals surface area (Å²) in [6, 6.07) is 13.1. The van der Waals surface area contributed by atoms with Crippen molar-refractivity contribution >= 4 is 16.7 Å². The van der Waals surface area contributed by atoms with Gasteiger partial charge in [-0.05, 0) is 44.5 Å². The smallest absolute Gasteiger partial charge is 0.134 e. The van der Waals surface area contributed by atoms with Gasteiger partial charge in [-0.25, -0.2) is 4.39 Å². The highest BCUT2D eigenvalue weighted by molar-refractivity contribution is 5.82. The van der Waals surface area contributed by atoms with Gasteiger partial charge in [-0.15, -0.1) is 0 Å². The maximum Gasteiger partial charge on any atom is 0.134 e. The van der Waals surface area contributed by atoms with E-state index in [2.05, 4.69) is 18.3 Å². The van der Waals surface area contributed by atoms with E-state index in [1.54, 1.807) is 13.0 Å². The average Bonchev–Trinajstić information content (AvgIpc) is 2.81. The third-order valence-corrected chi connectivity index (χ3v) is 3.83. The number of hydrogen-bond donors (Lipinski definition) is 1. The molecule has 0 radical (unpaired) electrons. The van der Waals surface area contributed by atoms with Gasteiger partial charge in [0, 0.05) is 16.6 Å². The zero-order valence-corrected chi connectivity index (χ0v) is 12.4. The SMILES string of the molecule is Cc1ccc(NC(C)c2oc3ccccc3c2C)cc1F. The Kier molecular flexibility index (Phi) is 3.42. The average molecular weight is 283 g/mol. The summed E-state index contributed by atoms with van der Waals surface area (Å²) in [4.78, 5) is 0. The molecule has 0 aliphatic carbocycles. The molecule has 1 heterocycles. The summed E-state index contributed by atoms with van der Waals surface area (Å²) < 4.78 is 19.5. The standard InChI is InChI=1S/C18H18FNO/c1-11-8-9-14(10-16(11)19)20-13(3)18-12(2)15-6-4-5-7-17(15)21-18/h4-10,13,20H,1-3H3. The predicted molar refractivity (Wildman–Crippen MR) is 84.1 cm³/mol. The molecule has 0 saturated carbocycles. The number of fused-ring (bicyclic) bond motifs is 1. The number of aryl methyl sites for hydroxylation is 2. The van der Waals surface area contributed by atoms with Crippen molar-refractivity contribution in [2.24, 2.45) is 0 Å². The van der Waals surface area contributed by atoms with Crippen LogP contribution in [0.3, 0.4) is 0 Å². The van der Waals surface area contributed by atoms with Crippen molar-refractivity contribution in [1.82, 2.24) is 0 Å². The lowest BCUT2D eigenvalue weighted by Crippen LogP contribution is -2.07. The van der Waals surface area contributed by atoms with Crippen molar-refractivity contribution in [3.63, 3.8) is 0 Å². The van der Waals surface area contributed by atoms with E-state index >= 15 is 0 Å². The third kappa shape index (κ3) is 2.51. The molecule has 2 nitrogen and oxygen atoms in total. The van der Waals surface area contributed by atoms with Crippen LogP contribution < -0.4 is 5.32 Å². The van der Waals surface area contributed by atoms with Gasteiger partial charge in [-0.2, -0.15) is 0 Å². The van der Waals surface area contributed by atoms with E-state index in [1.165, 1.54) is 6.07 Å². The van der Waals surface area contributed by atoms with Gasteiger partial charge in [0.2, 0.25) is 0 Å². The fourth-order valence-corrected chi connectivity index (χ4v) is 2.60. The molecule has 3 aromatic rings. The normalized spacial score (nSPS) is 12.6. The topological polar surface area (TPSA) is 25.2 Å². The van der Waals surface area contributed by atoms with Gasteiger partial charge < -0.3 is 9.73 Å². The lowest BCUT2D eigenvalue weighted by molar-refractivity contribution is 0.522. The van der Waals surface area contributed by atoms with Gasteiger partial charge in [-0.3, -0.25) is 0 Å². The van der Waals surface area contributed by atoms with Crippen LogP contribution in [0.4, 0.5) is 10.1 Å². The molecule has 3 heteroatoms. The lowest BCUT2D eigenvalue weighted by atomic mass is 10.1. The van der Waals surface area contributed by atoms with Crippen molar-refractivity contribution in [3.8, 4) is 0 Å². The largest absolute Gasteiger partial charge is 0.459 e. The molecule has 108 valence electrons. The Hall–Kier alpha value is -2.29. The molecule has 0 bridgehead atoms. The van der Waals surface area contributed by atoms with Crippen LogP contribution >= 0.6 is 0 Å². The van der Waals surface area contributed by atoms with Crippen molar-refractivity contribution < 1.29 is 8.81 Å². The quantitative estimate of drug-likeness (QED) is 0.699. The number of nitrogens with one attached hydrogen (secondary N) is 1. The summed E-state index contributed by atoms with van der Waals surface area (Å²) in [6.45, 7) is 5.82. The summed E-state index contributed by atoms with van der Waals surface area (Å²) in [7, 11) is 0. The van der Waals surface area contributed by atoms with Crippen molar-refractivity contribution in [1.29, 1.82) is 0 Å². The van der Waals surface area contributed by atoms with Gasteiger partial charge in [0.05, 0.1) is 6.04 Å².